The van der Waals surface area contributed by atoms with E-state index in [0.29, 0.717) is 5.82 Å². The van der Waals surface area contributed by atoms with Crippen LogP contribution in [0, 0.1) is 0 Å². The predicted molar refractivity (Wildman–Crippen MR) is 71.6 cm³/mol. The first-order valence-electron chi connectivity index (χ1n) is 7.03. The molecule has 0 bridgehead atoms. The molecule has 0 aliphatic carbocycles. The molecule has 0 aromatic carbocycles. The SMILES string of the molecule is [B][C@@H](C)CCCCCCCCCCCC. The molecular formula is C14H29B. The number of rotatable bonds is 11. The minimum Gasteiger partial charge on any atom is -0.0802 e. The highest BCUT2D eigenvalue weighted by Crippen LogP contribution is 2.14. The summed E-state index contributed by atoms with van der Waals surface area (Å²) in [6.45, 7) is 4.38. The molecular weight excluding hydrogens is 179 g/mol. The zero-order valence-electron chi connectivity index (χ0n) is 10.9. The average molecular weight is 208 g/mol. The van der Waals surface area contributed by atoms with Crippen molar-refractivity contribution in [3.63, 3.8) is 0 Å². The highest BCUT2D eigenvalue weighted by Gasteiger charge is 1.94. The van der Waals surface area contributed by atoms with Gasteiger partial charge >= 0.3 is 0 Å². The Morgan fingerprint density at radius 3 is 1.53 bits per heavy atom. The van der Waals surface area contributed by atoms with Gasteiger partial charge in [0.2, 0.25) is 0 Å². The van der Waals surface area contributed by atoms with E-state index in [2.05, 4.69) is 13.8 Å². The fraction of sp³-hybridized carbons (Fsp3) is 1.00. The van der Waals surface area contributed by atoms with Crippen LogP contribution in [0.5, 0.6) is 0 Å². The summed E-state index contributed by atoms with van der Waals surface area (Å²) in [4.78, 5) is 0. The lowest BCUT2D eigenvalue weighted by atomic mass is 9.85. The van der Waals surface area contributed by atoms with E-state index in [1.165, 1.54) is 70.6 Å². The number of hydrogen-bond acceptors (Lipinski definition) is 0. The summed E-state index contributed by atoms with van der Waals surface area (Å²) < 4.78 is 0. The predicted octanol–water partition coefficient (Wildman–Crippen LogP) is 5.27. The summed E-state index contributed by atoms with van der Waals surface area (Å²) in [5, 5.41) is 0. The minimum atomic E-state index is 0.402. The molecule has 15 heavy (non-hydrogen) atoms. The van der Waals surface area contributed by atoms with E-state index in [-0.39, 0.29) is 0 Å². The van der Waals surface area contributed by atoms with E-state index in [1.54, 1.807) is 0 Å². The highest BCUT2D eigenvalue weighted by molar-refractivity contribution is 6.11. The Morgan fingerprint density at radius 2 is 1.13 bits per heavy atom. The largest absolute Gasteiger partial charge is 0.0802 e. The number of unbranched alkanes of at least 4 members (excludes halogenated alkanes) is 9. The van der Waals surface area contributed by atoms with Crippen LogP contribution < -0.4 is 0 Å². The van der Waals surface area contributed by atoms with Gasteiger partial charge in [-0.3, -0.25) is 0 Å². The Kier molecular flexibility index (Phi) is 12.2. The molecule has 0 aromatic heterocycles. The van der Waals surface area contributed by atoms with Gasteiger partial charge in [0.05, 0.1) is 7.85 Å². The van der Waals surface area contributed by atoms with Crippen molar-refractivity contribution in [3.8, 4) is 0 Å². The Labute approximate surface area is 98.6 Å². The first-order valence-corrected chi connectivity index (χ1v) is 7.03. The van der Waals surface area contributed by atoms with E-state index in [9.17, 15) is 0 Å². The van der Waals surface area contributed by atoms with Gasteiger partial charge in [-0.25, -0.2) is 0 Å². The van der Waals surface area contributed by atoms with E-state index in [4.69, 9.17) is 7.85 Å². The standard InChI is InChI=1S/C14H29B/c1-3-4-5-6-7-8-9-10-11-12-13-14(2)15/h14H,3-13H2,1-2H3/t14-/m0/s1. The van der Waals surface area contributed by atoms with Crippen molar-refractivity contribution in [2.45, 2.75) is 90.3 Å². The van der Waals surface area contributed by atoms with Crippen molar-refractivity contribution in [2.24, 2.45) is 0 Å². The third-order valence-corrected chi connectivity index (χ3v) is 3.01. The van der Waals surface area contributed by atoms with Crippen molar-refractivity contribution in [2.75, 3.05) is 0 Å². The summed E-state index contributed by atoms with van der Waals surface area (Å²) in [7, 11) is 5.70. The van der Waals surface area contributed by atoms with Gasteiger partial charge in [0.1, 0.15) is 0 Å². The number of hydrogen-bond donors (Lipinski definition) is 0. The molecule has 0 unspecified atom stereocenters. The normalized spacial score (nSPS) is 12.9. The van der Waals surface area contributed by atoms with Gasteiger partial charge in [0, 0.05) is 0 Å². The smallest absolute Gasteiger partial charge is 0.0695 e. The van der Waals surface area contributed by atoms with Crippen LogP contribution in [0.4, 0.5) is 0 Å². The first kappa shape index (κ1) is 15.1. The van der Waals surface area contributed by atoms with Crippen LogP contribution in [-0.2, 0) is 0 Å². The van der Waals surface area contributed by atoms with Crippen molar-refractivity contribution >= 4 is 7.85 Å². The van der Waals surface area contributed by atoms with E-state index >= 15 is 0 Å². The van der Waals surface area contributed by atoms with E-state index in [1.807, 2.05) is 0 Å². The molecule has 88 valence electrons. The second kappa shape index (κ2) is 12.1. The van der Waals surface area contributed by atoms with Crippen LogP contribution in [0.2, 0.25) is 5.82 Å². The summed E-state index contributed by atoms with van der Waals surface area (Å²) in [5.41, 5.74) is 0. The maximum absolute atomic E-state index is 5.70. The third kappa shape index (κ3) is 14.1. The highest BCUT2D eigenvalue weighted by atomic mass is 14.0. The fourth-order valence-corrected chi connectivity index (χ4v) is 1.95. The molecule has 2 radical (unpaired) electrons. The Balaban J connectivity index is 2.87. The Hall–Kier alpha value is 0.0649. The average Bonchev–Trinajstić information content (AvgIpc) is 2.20. The van der Waals surface area contributed by atoms with Crippen LogP contribution in [-0.4, -0.2) is 7.85 Å². The molecule has 0 aromatic rings. The fourth-order valence-electron chi connectivity index (χ4n) is 1.95. The van der Waals surface area contributed by atoms with Crippen LogP contribution in [0.1, 0.15) is 84.5 Å². The first-order chi connectivity index (χ1) is 7.27. The van der Waals surface area contributed by atoms with Crippen LogP contribution in [0.3, 0.4) is 0 Å². The quantitative estimate of drug-likeness (QED) is 0.320. The van der Waals surface area contributed by atoms with Crippen molar-refractivity contribution in [3.05, 3.63) is 0 Å². The molecule has 0 aliphatic rings. The van der Waals surface area contributed by atoms with Gasteiger partial charge in [-0.2, -0.15) is 0 Å². The molecule has 0 N–H and O–H groups in total. The summed E-state index contributed by atoms with van der Waals surface area (Å²) in [5.74, 6) is 0.402. The lowest BCUT2D eigenvalue weighted by Crippen LogP contribution is -1.86. The van der Waals surface area contributed by atoms with Gasteiger partial charge in [-0.05, 0) is 0 Å². The van der Waals surface area contributed by atoms with Crippen molar-refractivity contribution < 1.29 is 0 Å². The second-order valence-electron chi connectivity index (χ2n) is 4.95. The van der Waals surface area contributed by atoms with Crippen molar-refractivity contribution in [1.82, 2.24) is 0 Å². The molecule has 0 nitrogen and oxygen atoms in total. The molecule has 0 spiro atoms. The molecule has 0 fully saturated rings. The molecule has 0 heterocycles. The monoisotopic (exact) mass is 208 g/mol. The van der Waals surface area contributed by atoms with Crippen LogP contribution in [0.25, 0.3) is 0 Å². The summed E-state index contributed by atoms with van der Waals surface area (Å²) >= 11 is 0. The Bertz CT molecular complexity index is 110. The zero-order valence-corrected chi connectivity index (χ0v) is 10.9. The molecule has 0 saturated heterocycles. The second-order valence-corrected chi connectivity index (χ2v) is 4.95. The zero-order chi connectivity index (χ0) is 11.4. The lowest BCUT2D eigenvalue weighted by molar-refractivity contribution is 0.548. The third-order valence-electron chi connectivity index (χ3n) is 3.01. The maximum atomic E-state index is 5.70. The van der Waals surface area contributed by atoms with Gasteiger partial charge < -0.3 is 0 Å². The van der Waals surface area contributed by atoms with Gasteiger partial charge in [-0.1, -0.05) is 90.3 Å². The topological polar surface area (TPSA) is 0 Å². The molecule has 0 saturated carbocycles. The van der Waals surface area contributed by atoms with Gasteiger partial charge in [0.15, 0.2) is 0 Å². The van der Waals surface area contributed by atoms with Crippen molar-refractivity contribution in [1.29, 1.82) is 0 Å². The van der Waals surface area contributed by atoms with E-state index < -0.39 is 0 Å². The Morgan fingerprint density at radius 1 is 0.733 bits per heavy atom. The molecule has 1 heteroatoms. The van der Waals surface area contributed by atoms with Gasteiger partial charge in [-0.15, -0.1) is 0 Å². The summed E-state index contributed by atoms with van der Waals surface area (Å²) in [6.07, 6.45) is 15.3. The molecule has 0 amide bonds. The molecule has 0 rings (SSSR count). The molecule has 0 aliphatic heterocycles. The van der Waals surface area contributed by atoms with E-state index in [0.717, 1.165) is 0 Å². The molecule has 1 atom stereocenters. The van der Waals surface area contributed by atoms with Gasteiger partial charge in [0.25, 0.3) is 0 Å². The summed E-state index contributed by atoms with van der Waals surface area (Å²) in [6, 6.07) is 0. The van der Waals surface area contributed by atoms with Crippen LogP contribution in [0.15, 0.2) is 0 Å². The van der Waals surface area contributed by atoms with Crippen LogP contribution >= 0.6 is 0 Å². The minimum absolute atomic E-state index is 0.402. The lowest BCUT2D eigenvalue weighted by Gasteiger charge is -2.04. The maximum Gasteiger partial charge on any atom is 0.0695 e.